The summed E-state index contributed by atoms with van der Waals surface area (Å²) in [5, 5.41) is 2.48. The fraction of sp³-hybridized carbons (Fsp3) is 0.333. The summed E-state index contributed by atoms with van der Waals surface area (Å²) >= 11 is 12.4. The third-order valence-electron chi connectivity index (χ3n) is 4.58. The maximum atomic E-state index is 12.5. The Morgan fingerprint density at radius 3 is 2.38 bits per heavy atom. The number of ether oxygens (including phenoxy) is 3. The van der Waals surface area contributed by atoms with Crippen molar-refractivity contribution in [2.75, 3.05) is 32.2 Å². The van der Waals surface area contributed by atoms with E-state index in [0.29, 0.717) is 0 Å². The highest BCUT2D eigenvalue weighted by atomic mass is 35.5. The number of hydrogen-bond donors (Lipinski definition) is 3. The summed E-state index contributed by atoms with van der Waals surface area (Å²) in [6.45, 7) is 1.91. The minimum absolute atomic E-state index is 0.00157. The number of primary amides is 1. The Hall–Kier alpha value is -2.75. The van der Waals surface area contributed by atoms with E-state index in [1.807, 2.05) is 0 Å². The van der Waals surface area contributed by atoms with E-state index in [-0.39, 0.29) is 49.2 Å². The predicted molar refractivity (Wildman–Crippen MR) is 136 cm³/mol. The van der Waals surface area contributed by atoms with Crippen LogP contribution in [-0.2, 0) is 33.8 Å². The van der Waals surface area contributed by atoms with Gasteiger partial charge in [0, 0.05) is 7.11 Å². The van der Waals surface area contributed by atoms with Crippen LogP contribution in [0.25, 0.3) is 0 Å². The summed E-state index contributed by atoms with van der Waals surface area (Å²) in [6.07, 6.45) is 0. The molecule has 0 saturated carbocycles. The highest BCUT2D eigenvalue weighted by Gasteiger charge is 2.27. The molecule has 1 atom stereocenters. The maximum absolute atomic E-state index is 12.5. The molecule has 37 heavy (non-hydrogen) atoms. The number of amides is 2. The van der Waals surface area contributed by atoms with Gasteiger partial charge in [0.05, 0.1) is 32.0 Å². The fourth-order valence-electron chi connectivity index (χ4n) is 2.79. The fourth-order valence-corrected chi connectivity index (χ4v) is 5.43. The SMILES string of the molecule is COCCOC(=O)c1c(NC(=O)COC(=O)C(C)NS(=O)(=O)c2ccc(Cl)c(Cl)c2)sc(C(N)=O)c1C. The Kier molecular flexibility index (Phi) is 10.8. The van der Waals surface area contributed by atoms with Crippen LogP contribution in [0, 0.1) is 6.92 Å². The second-order valence-electron chi connectivity index (χ2n) is 7.33. The lowest BCUT2D eigenvalue weighted by molar-refractivity contribution is -0.148. The highest BCUT2D eigenvalue weighted by molar-refractivity contribution is 7.89. The lowest BCUT2D eigenvalue weighted by Crippen LogP contribution is -2.40. The van der Waals surface area contributed by atoms with Crippen LogP contribution in [0.2, 0.25) is 10.0 Å². The lowest BCUT2D eigenvalue weighted by atomic mass is 10.1. The minimum atomic E-state index is -4.16. The number of sulfonamides is 1. The lowest BCUT2D eigenvalue weighted by Gasteiger charge is -2.14. The number of benzene rings is 1. The van der Waals surface area contributed by atoms with Crippen LogP contribution in [0.3, 0.4) is 0 Å². The number of thiophene rings is 1. The Morgan fingerprint density at radius 2 is 1.78 bits per heavy atom. The number of carbonyl (C=O) groups is 4. The van der Waals surface area contributed by atoms with Crippen molar-refractivity contribution >= 4 is 73.3 Å². The summed E-state index contributed by atoms with van der Waals surface area (Å²) in [6, 6.07) is 2.22. The Bertz CT molecular complexity index is 1310. The highest BCUT2D eigenvalue weighted by Crippen LogP contribution is 2.33. The normalized spacial score (nSPS) is 12.0. The molecule has 0 fully saturated rings. The third-order valence-corrected chi connectivity index (χ3v) is 8.08. The van der Waals surface area contributed by atoms with E-state index in [0.717, 1.165) is 17.4 Å². The molecule has 0 aliphatic rings. The van der Waals surface area contributed by atoms with E-state index in [4.69, 9.17) is 43.1 Å². The average Bonchev–Trinajstić information content (AvgIpc) is 3.14. The van der Waals surface area contributed by atoms with Crippen molar-refractivity contribution in [3.63, 3.8) is 0 Å². The number of rotatable bonds is 12. The summed E-state index contributed by atoms with van der Waals surface area (Å²) in [4.78, 5) is 48.7. The van der Waals surface area contributed by atoms with Crippen LogP contribution in [0.15, 0.2) is 23.1 Å². The second kappa shape index (κ2) is 13.2. The number of nitrogens with two attached hydrogens (primary N) is 1. The van der Waals surface area contributed by atoms with Crippen molar-refractivity contribution in [3.05, 3.63) is 44.2 Å². The van der Waals surface area contributed by atoms with Gasteiger partial charge in [-0.1, -0.05) is 23.2 Å². The molecule has 0 bridgehead atoms. The molecular formula is C21H23Cl2N3O9S2. The number of anilines is 1. The maximum Gasteiger partial charge on any atom is 0.341 e. The summed E-state index contributed by atoms with van der Waals surface area (Å²) in [5.74, 6) is -3.56. The van der Waals surface area contributed by atoms with E-state index in [2.05, 4.69) is 10.0 Å². The monoisotopic (exact) mass is 595 g/mol. The number of esters is 2. The first-order valence-electron chi connectivity index (χ1n) is 10.3. The van der Waals surface area contributed by atoms with E-state index < -0.39 is 46.4 Å². The molecule has 0 spiro atoms. The quantitative estimate of drug-likeness (QED) is 0.244. The van der Waals surface area contributed by atoms with Crippen LogP contribution in [0.1, 0.15) is 32.5 Å². The van der Waals surface area contributed by atoms with Crippen molar-refractivity contribution in [2.45, 2.75) is 24.8 Å². The first-order valence-corrected chi connectivity index (χ1v) is 13.4. The molecule has 0 aliphatic heterocycles. The second-order valence-corrected chi connectivity index (χ2v) is 10.9. The number of methoxy groups -OCH3 is 1. The van der Waals surface area contributed by atoms with Crippen LogP contribution < -0.4 is 15.8 Å². The first kappa shape index (κ1) is 30.5. The topological polar surface area (TPSA) is 180 Å². The van der Waals surface area contributed by atoms with Crippen molar-refractivity contribution < 1.29 is 41.8 Å². The van der Waals surface area contributed by atoms with Gasteiger partial charge in [-0.25, -0.2) is 13.2 Å². The van der Waals surface area contributed by atoms with E-state index in [1.54, 1.807) is 0 Å². The first-order chi connectivity index (χ1) is 17.3. The number of halogens is 2. The van der Waals surface area contributed by atoms with Crippen molar-refractivity contribution in [1.29, 1.82) is 0 Å². The Labute approximate surface area is 226 Å². The predicted octanol–water partition coefficient (Wildman–Crippen LogP) is 2.11. The molecule has 16 heteroatoms. The zero-order valence-electron chi connectivity index (χ0n) is 19.8. The van der Waals surface area contributed by atoms with Crippen LogP contribution in [0.4, 0.5) is 5.00 Å². The van der Waals surface area contributed by atoms with Crippen LogP contribution in [0.5, 0.6) is 0 Å². The van der Waals surface area contributed by atoms with E-state index in [9.17, 15) is 27.6 Å². The number of hydrogen-bond acceptors (Lipinski definition) is 10. The summed E-state index contributed by atoms with van der Waals surface area (Å²) in [5.41, 5.74) is 5.46. The van der Waals surface area contributed by atoms with Gasteiger partial charge in [-0.15, -0.1) is 11.3 Å². The molecule has 12 nitrogen and oxygen atoms in total. The van der Waals surface area contributed by atoms with Gasteiger partial charge >= 0.3 is 11.9 Å². The van der Waals surface area contributed by atoms with Gasteiger partial charge in [-0.2, -0.15) is 4.72 Å². The Balaban J connectivity index is 2.05. The number of carbonyl (C=O) groups excluding carboxylic acids is 4. The largest absolute Gasteiger partial charge is 0.460 e. The van der Waals surface area contributed by atoms with Gasteiger partial charge in [-0.3, -0.25) is 14.4 Å². The zero-order chi connectivity index (χ0) is 27.9. The van der Waals surface area contributed by atoms with Gasteiger partial charge in [0.1, 0.15) is 17.6 Å². The molecule has 2 aromatic rings. The van der Waals surface area contributed by atoms with Gasteiger partial charge in [0.15, 0.2) is 6.61 Å². The van der Waals surface area contributed by atoms with Gasteiger partial charge in [0.25, 0.3) is 11.8 Å². The van der Waals surface area contributed by atoms with Gasteiger partial charge in [-0.05, 0) is 37.6 Å². The summed E-state index contributed by atoms with van der Waals surface area (Å²) in [7, 11) is -2.75. The third kappa shape index (κ3) is 8.12. The molecule has 1 aromatic heterocycles. The Morgan fingerprint density at radius 1 is 1.11 bits per heavy atom. The molecule has 4 N–H and O–H groups in total. The van der Waals surface area contributed by atoms with Crippen LogP contribution >= 0.6 is 34.5 Å². The molecule has 0 aliphatic carbocycles. The molecule has 1 unspecified atom stereocenters. The standard InChI is InChI=1S/C21H23Cl2N3O9S2/c1-10-16(21(30)34-7-6-33-3)19(36-17(10)18(24)28)25-15(27)9-35-20(29)11(2)26-37(31,32)12-4-5-13(22)14(23)8-12/h4-5,8,11,26H,6-7,9H2,1-3H3,(H2,24,28)(H,25,27). The molecule has 1 heterocycles. The van der Waals surface area contributed by atoms with Crippen molar-refractivity contribution in [3.8, 4) is 0 Å². The molecule has 0 saturated heterocycles. The summed E-state index contributed by atoms with van der Waals surface area (Å²) < 4.78 is 41.8. The van der Waals surface area contributed by atoms with Crippen molar-refractivity contribution in [1.82, 2.24) is 4.72 Å². The molecule has 2 amide bonds. The molecule has 1 aromatic carbocycles. The van der Waals surface area contributed by atoms with Gasteiger partial charge in [0.2, 0.25) is 10.0 Å². The van der Waals surface area contributed by atoms with Crippen molar-refractivity contribution in [2.24, 2.45) is 5.73 Å². The zero-order valence-corrected chi connectivity index (χ0v) is 22.9. The smallest absolute Gasteiger partial charge is 0.341 e. The molecular weight excluding hydrogens is 573 g/mol. The number of nitrogens with one attached hydrogen (secondary N) is 2. The molecule has 0 radical (unpaired) electrons. The minimum Gasteiger partial charge on any atom is -0.460 e. The van der Waals surface area contributed by atoms with E-state index in [1.165, 1.54) is 33.1 Å². The molecule has 202 valence electrons. The van der Waals surface area contributed by atoms with E-state index >= 15 is 0 Å². The molecule has 2 rings (SSSR count). The van der Waals surface area contributed by atoms with Crippen LogP contribution in [-0.4, -0.2) is 65.1 Å². The van der Waals surface area contributed by atoms with Gasteiger partial charge < -0.3 is 25.3 Å². The average molecular weight is 596 g/mol.